The number of aromatic nitrogens is 4. The Balaban J connectivity index is 0.000000589. The van der Waals surface area contributed by atoms with Crippen molar-refractivity contribution in [2.75, 3.05) is 0 Å². The highest BCUT2D eigenvalue weighted by Gasteiger charge is 2.20. The van der Waals surface area contributed by atoms with E-state index in [1.807, 2.05) is 6.92 Å². The summed E-state index contributed by atoms with van der Waals surface area (Å²) >= 11 is 0. The standard InChI is InChI=1S/2C12H23N2.C7H8O3S.BF4/c2*1-3-4-5-6-7-8-9-14-11-10-13(2)12-14;1-6-2-4-7(5-3-6)11(8,9)10;2-1(3,4)5/h2*10-12H,3-9H2,1-2H3;2-5H,1H3,(H,8,9,10);/q2*+1;;-1/p-1. The van der Waals surface area contributed by atoms with Crippen molar-refractivity contribution in [1.29, 1.82) is 0 Å². The van der Waals surface area contributed by atoms with Crippen molar-refractivity contribution < 1.29 is 39.4 Å². The number of benzene rings is 1. The zero-order chi connectivity index (χ0) is 33.4. The average Bonchev–Trinajstić information content (AvgIpc) is 3.55. The molecule has 0 saturated carbocycles. The molecule has 3 rings (SSSR count). The average molecular weight is 649 g/mol. The van der Waals surface area contributed by atoms with Gasteiger partial charge in [-0.15, -0.1) is 0 Å². The van der Waals surface area contributed by atoms with Gasteiger partial charge in [-0.05, 0) is 44.7 Å². The van der Waals surface area contributed by atoms with Crippen molar-refractivity contribution in [1.82, 2.24) is 9.13 Å². The third-order valence-corrected chi connectivity index (χ3v) is 7.35. The molecule has 13 heteroatoms. The number of unbranched alkanes of at least 4 members (excludes halogenated alkanes) is 10. The van der Waals surface area contributed by atoms with Crippen LogP contribution in [-0.2, 0) is 37.3 Å². The molecule has 1 aromatic carbocycles. The first-order valence-corrected chi connectivity index (χ1v) is 17.0. The molecule has 0 atom stereocenters. The molecule has 0 aliphatic rings. The number of rotatable bonds is 15. The van der Waals surface area contributed by atoms with E-state index < -0.39 is 17.4 Å². The van der Waals surface area contributed by atoms with E-state index in [0.29, 0.717) is 0 Å². The van der Waals surface area contributed by atoms with Crippen LogP contribution in [0.1, 0.15) is 96.5 Å². The van der Waals surface area contributed by atoms with Crippen LogP contribution >= 0.6 is 0 Å². The molecular formula is C31H53BF4N4O3S. The van der Waals surface area contributed by atoms with E-state index in [-0.39, 0.29) is 4.90 Å². The fourth-order valence-electron chi connectivity index (χ4n) is 4.12. The molecule has 0 saturated heterocycles. The van der Waals surface area contributed by atoms with Crippen LogP contribution in [0.5, 0.6) is 0 Å². The molecule has 0 aliphatic heterocycles. The first kappa shape index (κ1) is 41.3. The van der Waals surface area contributed by atoms with E-state index in [9.17, 15) is 30.2 Å². The molecule has 0 spiro atoms. The monoisotopic (exact) mass is 648 g/mol. The van der Waals surface area contributed by atoms with Crippen LogP contribution in [-0.4, -0.2) is 29.4 Å². The number of hydrogen-bond acceptors (Lipinski definition) is 3. The van der Waals surface area contributed by atoms with Gasteiger partial charge in [-0.1, -0.05) is 82.9 Å². The zero-order valence-electron chi connectivity index (χ0n) is 27.2. The normalized spacial score (nSPS) is 11.0. The van der Waals surface area contributed by atoms with Gasteiger partial charge in [-0.2, -0.15) is 0 Å². The SMILES string of the molecule is CCCCCCCCn1cc[n+](C)c1.CCCCCCCCn1cc[n+](C)c1.Cc1ccc(S(=O)(=O)[O-])cc1.F[B-](F)(F)F. The maximum absolute atomic E-state index is 10.4. The zero-order valence-corrected chi connectivity index (χ0v) is 28.0. The predicted octanol–water partition coefficient (Wildman–Crippen LogP) is 7.55. The molecule has 0 radical (unpaired) electrons. The highest BCUT2D eigenvalue weighted by molar-refractivity contribution is 7.85. The molecule has 0 amide bonds. The van der Waals surface area contributed by atoms with E-state index in [0.717, 1.165) is 5.56 Å². The van der Waals surface area contributed by atoms with Crippen molar-refractivity contribution >= 4 is 17.4 Å². The second-order valence-electron chi connectivity index (χ2n) is 10.9. The van der Waals surface area contributed by atoms with Gasteiger partial charge in [0.1, 0.15) is 34.9 Å². The summed E-state index contributed by atoms with van der Waals surface area (Å²) in [6.45, 7) is 8.70. The summed E-state index contributed by atoms with van der Waals surface area (Å²) < 4.78 is 78.9. The number of nitrogens with zero attached hydrogens (tertiary/aromatic N) is 4. The summed E-state index contributed by atoms with van der Waals surface area (Å²) in [4.78, 5) is -0.178. The van der Waals surface area contributed by atoms with Crippen molar-refractivity contribution in [3.05, 3.63) is 67.3 Å². The second-order valence-corrected chi connectivity index (χ2v) is 12.3. The van der Waals surface area contributed by atoms with Crippen LogP contribution in [0.3, 0.4) is 0 Å². The predicted molar refractivity (Wildman–Crippen MR) is 167 cm³/mol. The van der Waals surface area contributed by atoms with E-state index >= 15 is 0 Å². The van der Waals surface area contributed by atoms with Gasteiger partial charge in [0.15, 0.2) is 0 Å². The van der Waals surface area contributed by atoms with Crippen molar-refractivity contribution in [3.8, 4) is 0 Å². The lowest BCUT2D eigenvalue weighted by Gasteiger charge is -2.05. The van der Waals surface area contributed by atoms with Gasteiger partial charge < -0.3 is 21.8 Å². The molecule has 7 nitrogen and oxygen atoms in total. The van der Waals surface area contributed by atoms with E-state index in [2.05, 4.69) is 83.7 Å². The van der Waals surface area contributed by atoms with Crippen molar-refractivity contribution in [3.63, 3.8) is 0 Å². The Morgan fingerprint density at radius 2 is 1.02 bits per heavy atom. The quantitative estimate of drug-likeness (QED) is 0.0562. The maximum Gasteiger partial charge on any atom is 0.673 e. The molecule has 0 N–H and O–H groups in total. The third-order valence-electron chi connectivity index (χ3n) is 6.50. The lowest BCUT2D eigenvalue weighted by molar-refractivity contribution is -0.671. The summed E-state index contributed by atoms with van der Waals surface area (Å²) in [6, 6.07) is 5.78. The van der Waals surface area contributed by atoms with Gasteiger partial charge >= 0.3 is 7.25 Å². The number of aryl methyl sites for hydroxylation is 5. The fraction of sp³-hybridized carbons (Fsp3) is 0.613. The summed E-state index contributed by atoms with van der Waals surface area (Å²) in [5, 5.41) is 0. The Morgan fingerprint density at radius 1 is 0.682 bits per heavy atom. The lowest BCUT2D eigenvalue weighted by atomic mass is 10.1. The summed E-state index contributed by atoms with van der Waals surface area (Å²) in [5.74, 6) is 0. The maximum atomic E-state index is 10.4. The van der Waals surface area contributed by atoms with E-state index in [1.54, 1.807) is 12.1 Å². The Kier molecular flexibility index (Phi) is 22.2. The van der Waals surface area contributed by atoms with Crippen LogP contribution in [0.4, 0.5) is 17.3 Å². The van der Waals surface area contributed by atoms with Crippen molar-refractivity contribution in [2.24, 2.45) is 14.1 Å². The van der Waals surface area contributed by atoms with Crippen LogP contribution < -0.4 is 9.13 Å². The van der Waals surface area contributed by atoms with Gasteiger partial charge in [-0.25, -0.2) is 26.7 Å². The van der Waals surface area contributed by atoms with Crippen LogP contribution in [0.25, 0.3) is 0 Å². The summed E-state index contributed by atoms with van der Waals surface area (Å²) in [5.41, 5.74) is 0.928. The molecule has 2 heterocycles. The fourth-order valence-corrected chi connectivity index (χ4v) is 4.59. The van der Waals surface area contributed by atoms with Gasteiger partial charge in [0.05, 0.1) is 32.1 Å². The molecule has 44 heavy (non-hydrogen) atoms. The minimum Gasteiger partial charge on any atom is -0.744 e. The van der Waals surface area contributed by atoms with Gasteiger partial charge in [0.25, 0.3) is 0 Å². The molecule has 2 aromatic heterocycles. The Hall–Kier alpha value is -2.67. The Labute approximate surface area is 262 Å². The van der Waals surface area contributed by atoms with Gasteiger partial charge in [0, 0.05) is 0 Å². The smallest absolute Gasteiger partial charge is 0.673 e. The topological polar surface area (TPSA) is 74.8 Å². The minimum absolute atomic E-state index is 0.178. The summed E-state index contributed by atoms with van der Waals surface area (Å²) in [7, 11) is -6.14. The highest BCUT2D eigenvalue weighted by atomic mass is 32.2. The largest absolute Gasteiger partial charge is 0.744 e. The summed E-state index contributed by atoms with van der Waals surface area (Å²) in [6.07, 6.45) is 29.3. The second kappa shape index (κ2) is 23.7. The molecule has 252 valence electrons. The third kappa shape index (κ3) is 25.8. The molecule has 0 bridgehead atoms. The number of imidazole rings is 2. The Morgan fingerprint density at radius 3 is 1.32 bits per heavy atom. The highest BCUT2D eigenvalue weighted by Crippen LogP contribution is 2.09. The molecule has 0 aliphatic carbocycles. The number of halogens is 4. The first-order valence-electron chi connectivity index (χ1n) is 15.6. The lowest BCUT2D eigenvalue weighted by Crippen LogP contribution is -2.23. The molecular weight excluding hydrogens is 595 g/mol. The van der Waals surface area contributed by atoms with Crippen molar-refractivity contribution in [2.45, 2.75) is 116 Å². The molecule has 0 unspecified atom stereocenters. The van der Waals surface area contributed by atoms with Crippen LogP contribution in [0, 0.1) is 6.92 Å². The molecule has 0 fully saturated rings. The molecule has 3 aromatic rings. The van der Waals surface area contributed by atoms with Gasteiger partial charge in [-0.3, -0.25) is 0 Å². The van der Waals surface area contributed by atoms with E-state index in [4.69, 9.17) is 0 Å². The first-order chi connectivity index (χ1) is 20.7. The minimum atomic E-state index is -6.00. The number of hydrogen-bond donors (Lipinski definition) is 0. The van der Waals surface area contributed by atoms with E-state index in [1.165, 1.54) is 102 Å². The van der Waals surface area contributed by atoms with Gasteiger partial charge in [0.2, 0.25) is 12.7 Å². The Bertz CT molecular complexity index is 1160. The van der Waals surface area contributed by atoms with Crippen LogP contribution in [0.15, 0.2) is 66.6 Å². The van der Waals surface area contributed by atoms with Crippen LogP contribution in [0.2, 0.25) is 0 Å².